The zero-order chi connectivity index (χ0) is 45.6. The number of anilines is 3. The summed E-state index contributed by atoms with van der Waals surface area (Å²) < 4.78 is 0. The van der Waals surface area contributed by atoms with E-state index in [-0.39, 0.29) is 5.41 Å². The SMILES string of the molecule is CC1(C)c2ccccc2-c2ccc(-c3ccc(N(c4ccc(-c5ccc(-c6cccc7ccccc67)cc5)cc4)c4cccc(-c5ccccc5)c4-c4ccccc4-c4ccccc4)cc3)cc21. The lowest BCUT2D eigenvalue weighted by Crippen LogP contribution is -2.14. The van der Waals surface area contributed by atoms with Gasteiger partial charge in [-0.25, -0.2) is 0 Å². The lowest BCUT2D eigenvalue weighted by atomic mass is 9.81. The van der Waals surface area contributed by atoms with Crippen LogP contribution in [0.15, 0.2) is 261 Å². The lowest BCUT2D eigenvalue weighted by molar-refractivity contribution is 0.660. The van der Waals surface area contributed by atoms with Crippen LogP contribution in [0.1, 0.15) is 25.0 Å². The summed E-state index contributed by atoms with van der Waals surface area (Å²) in [4.78, 5) is 2.45. The van der Waals surface area contributed by atoms with Crippen LogP contribution in [0.3, 0.4) is 0 Å². The third-order valence-corrected chi connectivity index (χ3v) is 14.1. The fourth-order valence-corrected chi connectivity index (χ4v) is 10.7. The Morgan fingerprint density at radius 1 is 0.279 bits per heavy atom. The van der Waals surface area contributed by atoms with Crippen LogP contribution in [-0.2, 0) is 5.41 Å². The van der Waals surface area contributed by atoms with Crippen molar-refractivity contribution in [3.05, 3.63) is 272 Å². The van der Waals surface area contributed by atoms with Crippen LogP contribution in [0.4, 0.5) is 17.1 Å². The van der Waals surface area contributed by atoms with Gasteiger partial charge in [0, 0.05) is 22.4 Å². The smallest absolute Gasteiger partial charge is 0.0546 e. The van der Waals surface area contributed by atoms with Crippen LogP contribution < -0.4 is 4.90 Å². The lowest BCUT2D eigenvalue weighted by Gasteiger charge is -2.30. The molecule has 68 heavy (non-hydrogen) atoms. The first-order valence-corrected chi connectivity index (χ1v) is 23.7. The topological polar surface area (TPSA) is 3.24 Å². The van der Waals surface area contributed by atoms with E-state index in [9.17, 15) is 0 Å². The maximum absolute atomic E-state index is 2.45. The Labute approximate surface area is 399 Å². The van der Waals surface area contributed by atoms with Crippen molar-refractivity contribution >= 4 is 27.8 Å². The summed E-state index contributed by atoms with van der Waals surface area (Å²) in [5, 5.41) is 2.52. The molecule has 11 aromatic rings. The van der Waals surface area contributed by atoms with E-state index in [1.807, 2.05) is 0 Å². The minimum Gasteiger partial charge on any atom is -0.310 e. The molecule has 11 aromatic carbocycles. The molecule has 12 rings (SSSR count). The van der Waals surface area contributed by atoms with Crippen LogP contribution in [-0.4, -0.2) is 0 Å². The van der Waals surface area contributed by atoms with Crippen molar-refractivity contribution in [1.82, 2.24) is 0 Å². The van der Waals surface area contributed by atoms with Crippen molar-refractivity contribution in [2.75, 3.05) is 4.90 Å². The number of rotatable bonds is 9. The highest BCUT2D eigenvalue weighted by molar-refractivity contribution is 6.01. The van der Waals surface area contributed by atoms with E-state index in [1.165, 1.54) is 99.8 Å². The molecule has 0 radical (unpaired) electrons. The van der Waals surface area contributed by atoms with Gasteiger partial charge >= 0.3 is 0 Å². The molecule has 0 fully saturated rings. The van der Waals surface area contributed by atoms with Gasteiger partial charge in [0.05, 0.1) is 5.69 Å². The van der Waals surface area contributed by atoms with E-state index >= 15 is 0 Å². The number of hydrogen-bond acceptors (Lipinski definition) is 1. The molecule has 1 nitrogen and oxygen atoms in total. The molecule has 1 heteroatoms. The van der Waals surface area contributed by atoms with Crippen molar-refractivity contribution in [2.45, 2.75) is 19.3 Å². The third kappa shape index (κ3) is 7.21. The average Bonchev–Trinajstić information content (AvgIpc) is 3.64. The standard InChI is InChI=1S/C67H49N/c1-67(2)63-29-14-13-25-60(63)61-44-39-53(45-64(61)67)48-37-42-55(43-38-48)68(54-40-35-47(36-41-54)46-31-33-52(34-32-46)57-27-15-22-50-21-9-10-23-56(50)57)65-30-16-28-59(51-19-7-4-8-20-51)66(65)62-26-12-11-24-58(62)49-17-5-3-6-18-49/h3-45H,1-2H3. The summed E-state index contributed by atoms with van der Waals surface area (Å²) in [7, 11) is 0. The predicted molar refractivity (Wildman–Crippen MR) is 289 cm³/mol. The highest BCUT2D eigenvalue weighted by atomic mass is 15.1. The van der Waals surface area contributed by atoms with E-state index in [1.54, 1.807) is 0 Å². The van der Waals surface area contributed by atoms with Gasteiger partial charge in [0.2, 0.25) is 0 Å². The first-order valence-electron chi connectivity index (χ1n) is 23.7. The molecule has 0 bridgehead atoms. The minimum absolute atomic E-state index is 0.0696. The summed E-state index contributed by atoms with van der Waals surface area (Å²) in [6, 6.07) is 95.6. The van der Waals surface area contributed by atoms with Gasteiger partial charge in [-0.2, -0.15) is 0 Å². The molecule has 0 unspecified atom stereocenters. The van der Waals surface area contributed by atoms with Gasteiger partial charge in [-0.3, -0.25) is 0 Å². The Bertz CT molecular complexity index is 3600. The van der Waals surface area contributed by atoms with Crippen molar-refractivity contribution in [3.63, 3.8) is 0 Å². The monoisotopic (exact) mass is 867 g/mol. The summed E-state index contributed by atoms with van der Waals surface area (Å²) in [6.45, 7) is 4.71. The number of nitrogens with zero attached hydrogens (tertiary/aromatic N) is 1. The fraction of sp³-hybridized carbons (Fsp3) is 0.0448. The van der Waals surface area contributed by atoms with E-state index in [0.29, 0.717) is 0 Å². The van der Waals surface area contributed by atoms with Gasteiger partial charge in [0.1, 0.15) is 0 Å². The Morgan fingerprint density at radius 2 is 0.721 bits per heavy atom. The molecule has 0 saturated carbocycles. The molecule has 0 saturated heterocycles. The summed E-state index contributed by atoms with van der Waals surface area (Å²) in [5.41, 5.74) is 23.0. The molecular formula is C67H49N. The van der Waals surface area contributed by atoms with E-state index < -0.39 is 0 Å². The maximum atomic E-state index is 2.45. The van der Waals surface area contributed by atoms with E-state index in [4.69, 9.17) is 0 Å². The predicted octanol–water partition coefficient (Wildman–Crippen LogP) is 18.6. The van der Waals surface area contributed by atoms with Gasteiger partial charge in [-0.15, -0.1) is 0 Å². The Morgan fingerprint density at radius 3 is 1.41 bits per heavy atom. The second-order valence-corrected chi connectivity index (χ2v) is 18.4. The third-order valence-electron chi connectivity index (χ3n) is 14.1. The number of benzene rings is 11. The Kier molecular flexibility index (Phi) is 10.3. The molecule has 0 aliphatic heterocycles. The van der Waals surface area contributed by atoms with Crippen LogP contribution in [0.25, 0.3) is 88.7 Å². The van der Waals surface area contributed by atoms with Gasteiger partial charge in [-0.1, -0.05) is 238 Å². The zero-order valence-corrected chi connectivity index (χ0v) is 38.3. The van der Waals surface area contributed by atoms with E-state index in [0.717, 1.165) is 17.1 Å². The van der Waals surface area contributed by atoms with Crippen molar-refractivity contribution < 1.29 is 0 Å². The summed E-state index contributed by atoms with van der Waals surface area (Å²) >= 11 is 0. The first-order chi connectivity index (χ1) is 33.5. The van der Waals surface area contributed by atoms with Gasteiger partial charge < -0.3 is 4.90 Å². The molecule has 0 aromatic heterocycles. The molecule has 1 aliphatic rings. The van der Waals surface area contributed by atoms with Crippen LogP contribution in [0.2, 0.25) is 0 Å². The van der Waals surface area contributed by atoms with Crippen molar-refractivity contribution in [2.24, 2.45) is 0 Å². The van der Waals surface area contributed by atoms with E-state index in [2.05, 4.69) is 280 Å². The summed E-state index contributed by atoms with van der Waals surface area (Å²) in [5.74, 6) is 0. The highest BCUT2D eigenvalue weighted by Crippen LogP contribution is 2.51. The highest BCUT2D eigenvalue weighted by Gasteiger charge is 2.35. The zero-order valence-electron chi connectivity index (χ0n) is 38.3. The molecule has 1 aliphatic carbocycles. The molecule has 0 amide bonds. The number of hydrogen-bond donors (Lipinski definition) is 0. The fourth-order valence-electron chi connectivity index (χ4n) is 10.7. The molecule has 0 spiro atoms. The second-order valence-electron chi connectivity index (χ2n) is 18.4. The molecule has 0 heterocycles. The van der Waals surface area contributed by atoms with Crippen LogP contribution >= 0.6 is 0 Å². The maximum Gasteiger partial charge on any atom is 0.0546 e. The largest absolute Gasteiger partial charge is 0.310 e. The molecule has 0 atom stereocenters. The summed E-state index contributed by atoms with van der Waals surface area (Å²) in [6.07, 6.45) is 0. The Balaban J connectivity index is 0.991. The van der Waals surface area contributed by atoms with Gasteiger partial charge in [0.25, 0.3) is 0 Å². The molecule has 0 N–H and O–H groups in total. The minimum atomic E-state index is -0.0696. The first kappa shape index (κ1) is 40.9. The van der Waals surface area contributed by atoms with Crippen LogP contribution in [0.5, 0.6) is 0 Å². The average molecular weight is 868 g/mol. The second kappa shape index (κ2) is 17.0. The number of fused-ring (bicyclic) bond motifs is 4. The van der Waals surface area contributed by atoms with Crippen LogP contribution in [0, 0.1) is 0 Å². The molecule has 322 valence electrons. The van der Waals surface area contributed by atoms with Gasteiger partial charge in [0.15, 0.2) is 0 Å². The van der Waals surface area contributed by atoms with Crippen molar-refractivity contribution in [1.29, 1.82) is 0 Å². The molecular weight excluding hydrogens is 819 g/mol. The van der Waals surface area contributed by atoms with Gasteiger partial charge in [-0.05, 0) is 131 Å². The van der Waals surface area contributed by atoms with Crippen molar-refractivity contribution in [3.8, 4) is 77.9 Å². The Hall–Kier alpha value is -8.52. The normalized spacial score (nSPS) is 12.4. The quantitative estimate of drug-likeness (QED) is 0.140.